The van der Waals surface area contributed by atoms with Gasteiger partial charge >= 0.3 is 0 Å². The van der Waals surface area contributed by atoms with Crippen LogP contribution in [0.2, 0.25) is 0 Å². The number of rotatable bonds is 3. The predicted octanol–water partition coefficient (Wildman–Crippen LogP) is 1.33. The lowest BCUT2D eigenvalue weighted by Crippen LogP contribution is -2.41. The zero-order chi connectivity index (χ0) is 15.7. The Kier molecular flexibility index (Phi) is 4.03. The van der Waals surface area contributed by atoms with Gasteiger partial charge in [-0.25, -0.2) is 13.1 Å². The molecule has 1 aliphatic rings. The van der Waals surface area contributed by atoms with Crippen LogP contribution in [-0.4, -0.2) is 46.8 Å². The Morgan fingerprint density at radius 2 is 2.00 bits per heavy atom. The van der Waals surface area contributed by atoms with Gasteiger partial charge < -0.3 is 5.11 Å². The molecule has 1 aliphatic heterocycles. The molecule has 1 aromatic carbocycles. The molecule has 1 N–H and O–H groups in total. The zero-order valence-corrected chi connectivity index (χ0v) is 13.2. The number of aliphatic hydroxyl groups is 1. The Morgan fingerprint density at radius 3 is 2.68 bits per heavy atom. The number of aryl methyl sites for hydroxylation is 1. The van der Waals surface area contributed by atoms with E-state index in [1.807, 2.05) is 31.2 Å². The third-order valence-electron chi connectivity index (χ3n) is 3.85. The summed E-state index contributed by atoms with van der Waals surface area (Å²) >= 11 is 0. The number of aromatic nitrogens is 2. The number of hydrogen-bond donors (Lipinski definition) is 1. The quantitative estimate of drug-likeness (QED) is 0.925. The highest BCUT2D eigenvalue weighted by atomic mass is 32.2. The standard InChI is InChI=1S/C15H19N3O3S/c1-12-4-6-13(7-5-12)18-11-15(9-16-18)22(20,21)17-8-2-3-14(19)10-17/h4-7,9,11,14,19H,2-3,8,10H2,1H3. The summed E-state index contributed by atoms with van der Waals surface area (Å²) in [5.41, 5.74) is 1.94. The maximum atomic E-state index is 12.6. The maximum Gasteiger partial charge on any atom is 0.246 e. The van der Waals surface area contributed by atoms with Crippen LogP contribution in [-0.2, 0) is 10.0 Å². The van der Waals surface area contributed by atoms with Crippen LogP contribution in [0.1, 0.15) is 18.4 Å². The first-order valence-electron chi connectivity index (χ1n) is 7.27. The molecule has 1 atom stereocenters. The number of aliphatic hydroxyl groups excluding tert-OH is 1. The molecule has 0 aliphatic carbocycles. The van der Waals surface area contributed by atoms with Gasteiger partial charge in [-0.2, -0.15) is 9.40 Å². The van der Waals surface area contributed by atoms with E-state index in [1.165, 1.54) is 16.7 Å². The number of piperidine rings is 1. The van der Waals surface area contributed by atoms with Gasteiger partial charge in [0.05, 0.1) is 24.2 Å². The molecule has 1 saturated heterocycles. The summed E-state index contributed by atoms with van der Waals surface area (Å²) in [7, 11) is -3.60. The van der Waals surface area contributed by atoms with Gasteiger partial charge in [0.1, 0.15) is 4.90 Å². The summed E-state index contributed by atoms with van der Waals surface area (Å²) in [6.45, 7) is 2.58. The van der Waals surface area contributed by atoms with Gasteiger partial charge in [0.25, 0.3) is 0 Å². The van der Waals surface area contributed by atoms with Crippen molar-refractivity contribution < 1.29 is 13.5 Å². The van der Waals surface area contributed by atoms with Crippen LogP contribution in [0.4, 0.5) is 0 Å². The van der Waals surface area contributed by atoms with Crippen molar-refractivity contribution in [3.63, 3.8) is 0 Å². The first kappa shape index (κ1) is 15.2. The molecule has 6 nitrogen and oxygen atoms in total. The third-order valence-corrected chi connectivity index (χ3v) is 5.67. The van der Waals surface area contributed by atoms with E-state index >= 15 is 0 Å². The molecule has 3 rings (SSSR count). The summed E-state index contributed by atoms with van der Waals surface area (Å²) in [5.74, 6) is 0. The average Bonchev–Trinajstić information content (AvgIpc) is 2.98. The molecular weight excluding hydrogens is 302 g/mol. The fourth-order valence-electron chi connectivity index (χ4n) is 2.57. The minimum absolute atomic E-state index is 0.151. The van der Waals surface area contributed by atoms with Gasteiger partial charge in [0, 0.05) is 13.1 Å². The topological polar surface area (TPSA) is 75.4 Å². The van der Waals surface area contributed by atoms with Crippen LogP contribution in [0.15, 0.2) is 41.6 Å². The predicted molar refractivity (Wildman–Crippen MR) is 82.3 cm³/mol. The lowest BCUT2D eigenvalue weighted by atomic mass is 10.1. The molecule has 22 heavy (non-hydrogen) atoms. The normalized spacial score (nSPS) is 20.2. The number of nitrogens with zero attached hydrogens (tertiary/aromatic N) is 3. The average molecular weight is 321 g/mol. The minimum atomic E-state index is -3.60. The summed E-state index contributed by atoms with van der Waals surface area (Å²) < 4.78 is 28.1. The molecule has 7 heteroatoms. The summed E-state index contributed by atoms with van der Waals surface area (Å²) in [6.07, 6.45) is 3.61. The van der Waals surface area contributed by atoms with Crippen molar-refractivity contribution in [2.75, 3.05) is 13.1 Å². The van der Waals surface area contributed by atoms with E-state index in [9.17, 15) is 13.5 Å². The van der Waals surface area contributed by atoms with Crippen LogP contribution in [0.3, 0.4) is 0 Å². The van der Waals surface area contributed by atoms with Gasteiger partial charge in [0.2, 0.25) is 10.0 Å². The molecule has 1 aromatic heterocycles. The van der Waals surface area contributed by atoms with Gasteiger partial charge in [0.15, 0.2) is 0 Å². The lowest BCUT2D eigenvalue weighted by Gasteiger charge is -2.28. The van der Waals surface area contributed by atoms with Crippen LogP contribution in [0.5, 0.6) is 0 Å². The van der Waals surface area contributed by atoms with Crippen LogP contribution < -0.4 is 0 Å². The SMILES string of the molecule is Cc1ccc(-n2cc(S(=O)(=O)N3CCCC(O)C3)cn2)cc1. The van der Waals surface area contributed by atoms with Crippen molar-refractivity contribution in [2.24, 2.45) is 0 Å². The largest absolute Gasteiger partial charge is 0.392 e. The van der Waals surface area contributed by atoms with E-state index in [0.29, 0.717) is 19.4 Å². The highest BCUT2D eigenvalue weighted by Crippen LogP contribution is 2.21. The number of β-amino-alcohol motifs (C(OH)–C–C–N with tert-alkyl or cyclic N) is 1. The van der Waals surface area contributed by atoms with E-state index in [-0.39, 0.29) is 11.4 Å². The van der Waals surface area contributed by atoms with Crippen molar-refractivity contribution in [3.05, 3.63) is 42.2 Å². The van der Waals surface area contributed by atoms with E-state index < -0.39 is 16.1 Å². The summed E-state index contributed by atoms with van der Waals surface area (Å²) in [4.78, 5) is 0.155. The van der Waals surface area contributed by atoms with E-state index in [2.05, 4.69) is 5.10 Å². The molecule has 1 fully saturated rings. The zero-order valence-electron chi connectivity index (χ0n) is 12.4. The van der Waals surface area contributed by atoms with Gasteiger partial charge in [-0.1, -0.05) is 17.7 Å². The third kappa shape index (κ3) is 2.92. The second-order valence-electron chi connectivity index (χ2n) is 5.62. The van der Waals surface area contributed by atoms with E-state index in [1.54, 1.807) is 4.68 Å². The van der Waals surface area contributed by atoms with Crippen molar-refractivity contribution in [2.45, 2.75) is 30.8 Å². The molecule has 0 bridgehead atoms. The minimum Gasteiger partial charge on any atom is -0.392 e. The number of sulfonamides is 1. The lowest BCUT2D eigenvalue weighted by molar-refractivity contribution is 0.108. The Balaban J connectivity index is 1.87. The van der Waals surface area contributed by atoms with Crippen LogP contribution >= 0.6 is 0 Å². The molecular formula is C15H19N3O3S. The van der Waals surface area contributed by atoms with Gasteiger partial charge in [-0.05, 0) is 31.9 Å². The Morgan fingerprint density at radius 1 is 1.27 bits per heavy atom. The molecule has 118 valence electrons. The van der Waals surface area contributed by atoms with E-state index in [0.717, 1.165) is 11.3 Å². The monoisotopic (exact) mass is 321 g/mol. The number of hydrogen-bond acceptors (Lipinski definition) is 4. The number of benzene rings is 1. The Bertz CT molecular complexity index is 753. The first-order chi connectivity index (χ1) is 10.5. The van der Waals surface area contributed by atoms with Gasteiger partial charge in [-0.3, -0.25) is 0 Å². The molecule has 0 amide bonds. The molecule has 0 radical (unpaired) electrons. The fourth-order valence-corrected chi connectivity index (χ4v) is 4.02. The highest BCUT2D eigenvalue weighted by Gasteiger charge is 2.30. The van der Waals surface area contributed by atoms with E-state index in [4.69, 9.17) is 0 Å². The van der Waals surface area contributed by atoms with Crippen LogP contribution in [0.25, 0.3) is 5.69 Å². The Hall–Kier alpha value is -1.70. The van der Waals surface area contributed by atoms with Crippen molar-refractivity contribution >= 4 is 10.0 Å². The summed E-state index contributed by atoms with van der Waals surface area (Å²) in [6, 6.07) is 7.69. The second kappa shape index (κ2) is 5.83. The molecule has 0 saturated carbocycles. The molecule has 2 aromatic rings. The second-order valence-corrected chi connectivity index (χ2v) is 7.55. The molecule has 2 heterocycles. The van der Waals surface area contributed by atoms with Crippen LogP contribution in [0, 0.1) is 6.92 Å². The van der Waals surface area contributed by atoms with Crippen molar-refractivity contribution in [1.82, 2.24) is 14.1 Å². The van der Waals surface area contributed by atoms with Crippen molar-refractivity contribution in [3.8, 4) is 5.69 Å². The molecule has 0 spiro atoms. The smallest absolute Gasteiger partial charge is 0.246 e. The molecule has 1 unspecified atom stereocenters. The van der Waals surface area contributed by atoms with Gasteiger partial charge in [-0.15, -0.1) is 0 Å². The fraction of sp³-hybridized carbons (Fsp3) is 0.400. The summed E-state index contributed by atoms with van der Waals surface area (Å²) in [5, 5.41) is 13.8. The maximum absolute atomic E-state index is 12.6. The highest BCUT2D eigenvalue weighted by molar-refractivity contribution is 7.89. The first-order valence-corrected chi connectivity index (χ1v) is 8.71. The Labute approximate surface area is 130 Å². The van der Waals surface area contributed by atoms with Crippen molar-refractivity contribution in [1.29, 1.82) is 0 Å².